The second-order valence-electron chi connectivity index (χ2n) is 8.45. The van der Waals surface area contributed by atoms with Crippen LogP contribution in [0.3, 0.4) is 0 Å². The second-order valence-corrected chi connectivity index (χ2v) is 9.39. The van der Waals surface area contributed by atoms with Gasteiger partial charge in [-0.2, -0.15) is 4.98 Å². The van der Waals surface area contributed by atoms with Gasteiger partial charge in [0.25, 0.3) is 5.56 Å². The van der Waals surface area contributed by atoms with Gasteiger partial charge in [-0.3, -0.25) is 9.36 Å². The molecule has 0 atom stereocenters. The van der Waals surface area contributed by atoms with E-state index in [0.29, 0.717) is 33.5 Å². The monoisotopic (exact) mass is 420 g/mol. The van der Waals surface area contributed by atoms with Crippen molar-refractivity contribution >= 4 is 22.7 Å². The Morgan fingerprint density at radius 3 is 2.40 bits per heavy atom. The first kappa shape index (κ1) is 20.3. The number of benzene rings is 2. The summed E-state index contributed by atoms with van der Waals surface area (Å²) in [4.78, 5) is 22.7. The number of para-hydroxylation sites is 1. The van der Waals surface area contributed by atoms with E-state index in [1.165, 1.54) is 11.8 Å². The quantitative estimate of drug-likeness (QED) is 0.343. The highest BCUT2D eigenvalue weighted by Gasteiger charge is 2.21. The maximum absolute atomic E-state index is 13.4. The smallest absolute Gasteiger partial charge is 0.266 e. The topological polar surface area (TPSA) is 73.8 Å². The van der Waals surface area contributed by atoms with Crippen LogP contribution in [0.5, 0.6) is 0 Å². The summed E-state index contributed by atoms with van der Waals surface area (Å²) in [6.07, 6.45) is 0. The summed E-state index contributed by atoms with van der Waals surface area (Å²) < 4.78 is 7.09. The highest BCUT2D eigenvalue weighted by molar-refractivity contribution is 7.98. The van der Waals surface area contributed by atoms with Gasteiger partial charge in [-0.25, -0.2) is 4.98 Å². The Kier molecular flexibility index (Phi) is 5.24. The number of aryl methyl sites for hydroxylation is 2. The molecule has 0 aliphatic carbocycles. The molecule has 0 bridgehead atoms. The summed E-state index contributed by atoms with van der Waals surface area (Å²) in [6, 6.07) is 13.5. The van der Waals surface area contributed by atoms with E-state index in [0.717, 1.165) is 16.8 Å². The van der Waals surface area contributed by atoms with Gasteiger partial charge in [0.2, 0.25) is 5.89 Å². The van der Waals surface area contributed by atoms with Gasteiger partial charge in [0.05, 0.1) is 22.3 Å². The van der Waals surface area contributed by atoms with Crippen LogP contribution in [0.4, 0.5) is 0 Å². The summed E-state index contributed by atoms with van der Waals surface area (Å²) in [5, 5.41) is 5.27. The van der Waals surface area contributed by atoms with Crippen molar-refractivity contribution in [3.8, 4) is 5.69 Å². The van der Waals surface area contributed by atoms with Gasteiger partial charge in [0.15, 0.2) is 11.0 Å². The van der Waals surface area contributed by atoms with Crippen LogP contribution in [0.25, 0.3) is 16.6 Å². The first-order valence-corrected chi connectivity index (χ1v) is 10.8. The molecule has 0 amide bonds. The molecule has 0 aliphatic rings. The third kappa shape index (κ3) is 4.03. The molecule has 0 N–H and O–H groups in total. The fourth-order valence-corrected chi connectivity index (χ4v) is 4.11. The van der Waals surface area contributed by atoms with Crippen molar-refractivity contribution in [2.24, 2.45) is 0 Å². The van der Waals surface area contributed by atoms with Crippen molar-refractivity contribution in [2.45, 2.75) is 50.9 Å². The van der Waals surface area contributed by atoms with Crippen molar-refractivity contribution in [1.82, 2.24) is 19.7 Å². The van der Waals surface area contributed by atoms with E-state index in [4.69, 9.17) is 9.51 Å². The largest absolute Gasteiger partial charge is 0.338 e. The predicted molar refractivity (Wildman–Crippen MR) is 119 cm³/mol. The number of hydrogen-bond acceptors (Lipinski definition) is 6. The van der Waals surface area contributed by atoms with E-state index >= 15 is 0 Å². The van der Waals surface area contributed by atoms with E-state index in [9.17, 15) is 4.79 Å². The van der Waals surface area contributed by atoms with Gasteiger partial charge in [0, 0.05) is 5.41 Å². The maximum atomic E-state index is 13.4. The van der Waals surface area contributed by atoms with Crippen molar-refractivity contribution < 1.29 is 4.52 Å². The molecule has 2 heterocycles. The lowest BCUT2D eigenvalue weighted by molar-refractivity contribution is 0.372. The molecular formula is C23H24N4O2S. The maximum Gasteiger partial charge on any atom is 0.266 e. The van der Waals surface area contributed by atoms with Gasteiger partial charge in [-0.1, -0.05) is 55.9 Å². The summed E-state index contributed by atoms with van der Waals surface area (Å²) in [5.41, 5.74) is 3.38. The van der Waals surface area contributed by atoms with Crippen molar-refractivity contribution in [3.05, 3.63) is 75.7 Å². The van der Waals surface area contributed by atoms with Crippen molar-refractivity contribution in [3.63, 3.8) is 0 Å². The van der Waals surface area contributed by atoms with Crippen molar-refractivity contribution in [2.75, 3.05) is 0 Å². The molecule has 6 nitrogen and oxygen atoms in total. The number of fused-ring (bicyclic) bond motifs is 1. The third-order valence-corrected chi connectivity index (χ3v) is 5.60. The molecule has 0 radical (unpaired) electrons. The number of hydrogen-bond donors (Lipinski definition) is 0. The lowest BCUT2D eigenvalue weighted by atomic mass is 9.96. The van der Waals surface area contributed by atoms with Crippen LogP contribution in [0.1, 0.15) is 43.6 Å². The first-order chi connectivity index (χ1) is 14.2. The molecule has 0 fully saturated rings. The number of aromatic nitrogens is 4. The number of rotatable bonds is 4. The van der Waals surface area contributed by atoms with Gasteiger partial charge in [-0.15, -0.1) is 0 Å². The molecular weight excluding hydrogens is 396 g/mol. The molecule has 7 heteroatoms. The molecule has 2 aromatic carbocycles. The Bertz CT molecular complexity index is 1260. The Morgan fingerprint density at radius 1 is 1.03 bits per heavy atom. The molecule has 4 rings (SSSR count). The summed E-state index contributed by atoms with van der Waals surface area (Å²) in [7, 11) is 0. The van der Waals surface area contributed by atoms with Crippen LogP contribution in [0, 0.1) is 13.8 Å². The van der Waals surface area contributed by atoms with Crippen LogP contribution in [0.15, 0.2) is 56.9 Å². The minimum atomic E-state index is -0.186. The Morgan fingerprint density at radius 2 is 1.73 bits per heavy atom. The molecule has 154 valence electrons. The standard InChI is InChI=1S/C23H24N4O2S/c1-14-10-15(2)12-16(11-14)27-20(28)17-8-6-7-9-18(17)24-22(27)30-13-19-25-21(26-29-19)23(3,4)5/h6-12H,13H2,1-5H3. The molecule has 2 aromatic heterocycles. The van der Waals surface area contributed by atoms with Crippen LogP contribution >= 0.6 is 11.8 Å². The Balaban J connectivity index is 1.80. The summed E-state index contributed by atoms with van der Waals surface area (Å²) in [5.74, 6) is 1.61. The SMILES string of the molecule is Cc1cc(C)cc(-n2c(SCc3nc(C(C)(C)C)no3)nc3ccccc3c2=O)c1. The number of thioether (sulfide) groups is 1. The third-order valence-electron chi connectivity index (χ3n) is 4.67. The zero-order valence-corrected chi connectivity index (χ0v) is 18.6. The minimum absolute atomic E-state index is 0.0889. The predicted octanol–water partition coefficient (Wildman–Crippen LogP) is 4.98. The first-order valence-electron chi connectivity index (χ1n) is 9.79. The molecule has 0 spiro atoms. The van der Waals surface area contributed by atoms with Gasteiger partial charge < -0.3 is 4.52 Å². The van der Waals surface area contributed by atoms with E-state index in [2.05, 4.69) is 16.2 Å². The van der Waals surface area contributed by atoms with Crippen LogP contribution in [0.2, 0.25) is 0 Å². The van der Waals surface area contributed by atoms with Gasteiger partial charge >= 0.3 is 0 Å². The van der Waals surface area contributed by atoms with Crippen LogP contribution in [-0.2, 0) is 11.2 Å². The summed E-state index contributed by atoms with van der Waals surface area (Å²) >= 11 is 1.42. The fraction of sp³-hybridized carbons (Fsp3) is 0.304. The number of nitrogens with zero attached hydrogens (tertiary/aromatic N) is 4. The Labute approximate surface area is 179 Å². The summed E-state index contributed by atoms with van der Waals surface area (Å²) in [6.45, 7) is 10.2. The zero-order valence-electron chi connectivity index (χ0n) is 17.8. The molecule has 0 saturated carbocycles. The molecule has 4 aromatic rings. The van der Waals surface area contributed by atoms with Crippen molar-refractivity contribution in [1.29, 1.82) is 0 Å². The molecule has 0 aliphatic heterocycles. The minimum Gasteiger partial charge on any atom is -0.338 e. The molecule has 30 heavy (non-hydrogen) atoms. The fourth-order valence-electron chi connectivity index (χ4n) is 3.26. The van der Waals surface area contributed by atoms with Gasteiger partial charge in [-0.05, 0) is 49.2 Å². The second kappa shape index (κ2) is 7.72. The highest BCUT2D eigenvalue weighted by atomic mass is 32.2. The normalized spacial score (nSPS) is 11.9. The highest BCUT2D eigenvalue weighted by Crippen LogP contribution is 2.26. The van der Waals surface area contributed by atoms with Crippen LogP contribution < -0.4 is 5.56 Å². The molecule has 0 unspecified atom stereocenters. The van der Waals surface area contributed by atoms with E-state index < -0.39 is 0 Å². The van der Waals surface area contributed by atoms with Crippen LogP contribution in [-0.4, -0.2) is 19.7 Å². The Hall–Kier alpha value is -2.93. The average molecular weight is 421 g/mol. The van der Waals surface area contributed by atoms with Gasteiger partial charge in [0.1, 0.15) is 0 Å². The zero-order chi connectivity index (χ0) is 21.5. The average Bonchev–Trinajstić information content (AvgIpc) is 3.15. The van der Waals surface area contributed by atoms with E-state index in [-0.39, 0.29) is 11.0 Å². The lowest BCUT2D eigenvalue weighted by Gasteiger charge is -2.14. The molecule has 0 saturated heterocycles. The van der Waals surface area contributed by atoms with E-state index in [1.54, 1.807) is 4.57 Å². The van der Waals surface area contributed by atoms with E-state index in [1.807, 2.05) is 71.0 Å². The lowest BCUT2D eigenvalue weighted by Crippen LogP contribution is -2.22.